The van der Waals surface area contributed by atoms with E-state index in [-0.39, 0.29) is 11.2 Å². The van der Waals surface area contributed by atoms with Crippen LogP contribution in [0.2, 0.25) is 0 Å². The summed E-state index contributed by atoms with van der Waals surface area (Å²) in [6, 6.07) is 0. The van der Waals surface area contributed by atoms with E-state index < -0.39 is 0 Å². The summed E-state index contributed by atoms with van der Waals surface area (Å²) in [6.07, 6.45) is 17.1. The lowest BCUT2D eigenvalue weighted by atomic mass is 9.48. The van der Waals surface area contributed by atoms with Crippen LogP contribution in [0.5, 0.6) is 0 Å². The topological polar surface area (TPSA) is 17.1 Å². The average Bonchev–Trinajstić information content (AvgIpc) is 3.00. The molecule has 0 amide bonds. The van der Waals surface area contributed by atoms with Gasteiger partial charge in [-0.25, -0.2) is 0 Å². The van der Waals surface area contributed by atoms with Gasteiger partial charge in [0.05, 0.1) is 0 Å². The quantitative estimate of drug-likeness (QED) is 0.599. The highest BCUT2D eigenvalue weighted by Crippen LogP contribution is 2.65. The van der Waals surface area contributed by atoms with Gasteiger partial charge in [-0.2, -0.15) is 11.8 Å². The first-order valence-electron chi connectivity index (χ1n) is 10.1. The zero-order chi connectivity index (χ0) is 16.8. The Bertz CT molecular complexity index is 577. The Kier molecular flexibility index (Phi) is 4.48. The number of hydrogen-bond donors (Lipinski definition) is 0. The Morgan fingerprint density at radius 3 is 2.92 bits per heavy atom. The second-order valence-corrected chi connectivity index (χ2v) is 10.1. The van der Waals surface area contributed by atoms with Gasteiger partial charge >= 0.3 is 0 Å². The van der Waals surface area contributed by atoms with Gasteiger partial charge in [0.2, 0.25) is 0 Å². The monoisotopic (exact) mass is 344 g/mol. The van der Waals surface area contributed by atoms with Crippen molar-refractivity contribution in [1.29, 1.82) is 0 Å². The van der Waals surface area contributed by atoms with Crippen molar-refractivity contribution < 1.29 is 4.79 Å². The molecule has 0 N–H and O–H groups in total. The van der Waals surface area contributed by atoms with Gasteiger partial charge in [0.25, 0.3) is 0 Å². The summed E-state index contributed by atoms with van der Waals surface area (Å²) in [5.41, 5.74) is 2.25. The largest absolute Gasteiger partial charge is 0.290 e. The van der Waals surface area contributed by atoms with Gasteiger partial charge < -0.3 is 0 Å². The fourth-order valence-electron chi connectivity index (χ4n) is 6.66. The maximum atomic E-state index is 11.8. The minimum absolute atomic E-state index is 0.169. The Hall–Kier alpha value is -0.500. The van der Waals surface area contributed by atoms with E-state index in [0.29, 0.717) is 5.41 Å². The number of rotatable bonds is 4. The fourth-order valence-corrected chi connectivity index (χ4v) is 8.01. The first-order chi connectivity index (χ1) is 11.6. The molecule has 3 saturated carbocycles. The lowest BCUT2D eigenvalue weighted by Gasteiger charge is -2.57. The Labute approximate surface area is 151 Å². The summed E-state index contributed by atoms with van der Waals surface area (Å²) in [4.78, 5) is 11.8. The van der Waals surface area contributed by atoms with E-state index in [1.807, 2.05) is 12.2 Å². The van der Waals surface area contributed by atoms with Crippen LogP contribution in [0.15, 0.2) is 23.8 Å². The van der Waals surface area contributed by atoms with E-state index in [4.69, 9.17) is 0 Å². The third-order valence-corrected chi connectivity index (χ3v) is 9.30. The van der Waals surface area contributed by atoms with Gasteiger partial charge in [0.15, 0.2) is 5.78 Å². The summed E-state index contributed by atoms with van der Waals surface area (Å²) in [7, 11) is 0. The normalized spacial score (nSPS) is 43.8. The molecule has 3 fully saturated rings. The SMILES string of the molecule is CCCSC[C@@]12CCC[C@H]1[C@@H]1CCC3=CC(=O)C=C[C@]3(C)[C@H]1CC2. The first kappa shape index (κ1) is 16.9. The molecule has 1 nitrogen and oxygen atoms in total. The Morgan fingerprint density at radius 2 is 2.08 bits per heavy atom. The molecule has 0 aromatic carbocycles. The Morgan fingerprint density at radius 1 is 1.21 bits per heavy atom. The first-order valence-corrected chi connectivity index (χ1v) is 11.3. The Balaban J connectivity index is 1.59. The predicted octanol–water partition coefficient (Wildman–Crippen LogP) is 5.81. The van der Waals surface area contributed by atoms with Crippen molar-refractivity contribution in [2.75, 3.05) is 11.5 Å². The molecule has 0 spiro atoms. The van der Waals surface area contributed by atoms with Crippen LogP contribution in [0.1, 0.15) is 65.2 Å². The van der Waals surface area contributed by atoms with Crippen molar-refractivity contribution in [1.82, 2.24) is 0 Å². The highest BCUT2D eigenvalue weighted by Gasteiger charge is 2.56. The second kappa shape index (κ2) is 6.34. The third-order valence-electron chi connectivity index (χ3n) is 7.82. The number of allylic oxidation sites excluding steroid dienone is 4. The minimum atomic E-state index is 0.169. The molecule has 4 aliphatic rings. The number of ketones is 1. The van der Waals surface area contributed by atoms with Crippen molar-refractivity contribution in [2.45, 2.75) is 65.2 Å². The second-order valence-electron chi connectivity index (χ2n) is 8.95. The van der Waals surface area contributed by atoms with Gasteiger partial charge in [0, 0.05) is 5.41 Å². The minimum Gasteiger partial charge on any atom is -0.290 e. The molecule has 2 heteroatoms. The third kappa shape index (κ3) is 2.55. The van der Waals surface area contributed by atoms with Crippen molar-refractivity contribution >= 4 is 17.5 Å². The van der Waals surface area contributed by atoms with Crippen LogP contribution in [0, 0.1) is 28.6 Å². The van der Waals surface area contributed by atoms with E-state index in [0.717, 1.165) is 24.2 Å². The summed E-state index contributed by atoms with van der Waals surface area (Å²) >= 11 is 2.22. The van der Waals surface area contributed by atoms with Gasteiger partial charge in [0.1, 0.15) is 0 Å². The molecule has 0 bridgehead atoms. The molecule has 0 aliphatic heterocycles. The maximum Gasteiger partial charge on any atom is 0.178 e. The maximum absolute atomic E-state index is 11.8. The average molecular weight is 345 g/mol. The standard InChI is InChI=1S/C22H32OS/c1-3-13-24-15-22-10-4-5-20(22)18-7-6-16-14-17(23)8-11-21(16,2)19(18)9-12-22/h8,11,14,18-20H,3-7,9-10,12-13,15H2,1-2H3/t18-,19+,20+,21+,22+/m1/s1. The van der Waals surface area contributed by atoms with Crippen LogP contribution in [-0.2, 0) is 4.79 Å². The zero-order valence-electron chi connectivity index (χ0n) is 15.4. The summed E-state index contributed by atoms with van der Waals surface area (Å²) in [5, 5.41) is 0. The van der Waals surface area contributed by atoms with Gasteiger partial charge in [-0.05, 0) is 91.8 Å². The summed E-state index contributed by atoms with van der Waals surface area (Å²) in [6.45, 7) is 4.73. The molecule has 24 heavy (non-hydrogen) atoms. The predicted molar refractivity (Wildman–Crippen MR) is 103 cm³/mol. The fraction of sp³-hybridized carbons (Fsp3) is 0.773. The lowest BCUT2D eigenvalue weighted by Crippen LogP contribution is -2.49. The molecular formula is C22H32OS. The molecule has 0 aromatic heterocycles. The highest BCUT2D eigenvalue weighted by atomic mass is 32.2. The molecule has 132 valence electrons. The highest BCUT2D eigenvalue weighted by molar-refractivity contribution is 7.99. The molecule has 4 rings (SSSR count). The molecule has 0 unspecified atom stereocenters. The summed E-state index contributed by atoms with van der Waals surface area (Å²) < 4.78 is 0. The van der Waals surface area contributed by atoms with Crippen molar-refractivity contribution in [3.8, 4) is 0 Å². The van der Waals surface area contributed by atoms with Crippen LogP contribution in [0.4, 0.5) is 0 Å². The van der Waals surface area contributed by atoms with Crippen molar-refractivity contribution in [2.24, 2.45) is 28.6 Å². The van der Waals surface area contributed by atoms with E-state index >= 15 is 0 Å². The smallest absolute Gasteiger partial charge is 0.178 e. The van der Waals surface area contributed by atoms with Gasteiger partial charge in [-0.1, -0.05) is 31.9 Å². The van der Waals surface area contributed by atoms with E-state index in [9.17, 15) is 4.79 Å². The lowest BCUT2D eigenvalue weighted by molar-refractivity contribution is -0.111. The van der Waals surface area contributed by atoms with E-state index in [2.05, 4.69) is 31.7 Å². The number of fused-ring (bicyclic) bond motifs is 5. The van der Waals surface area contributed by atoms with Crippen molar-refractivity contribution in [3.63, 3.8) is 0 Å². The molecule has 0 heterocycles. The van der Waals surface area contributed by atoms with Crippen LogP contribution in [0.3, 0.4) is 0 Å². The molecule has 4 aliphatic carbocycles. The van der Waals surface area contributed by atoms with Gasteiger partial charge in [-0.3, -0.25) is 4.79 Å². The summed E-state index contributed by atoms with van der Waals surface area (Å²) in [5.74, 6) is 5.56. The van der Waals surface area contributed by atoms with Gasteiger partial charge in [-0.15, -0.1) is 0 Å². The van der Waals surface area contributed by atoms with Crippen LogP contribution in [-0.4, -0.2) is 17.3 Å². The molecular weight excluding hydrogens is 312 g/mol. The number of hydrogen-bond acceptors (Lipinski definition) is 2. The number of thioether (sulfide) groups is 1. The van der Waals surface area contributed by atoms with Crippen LogP contribution < -0.4 is 0 Å². The molecule has 0 radical (unpaired) electrons. The van der Waals surface area contributed by atoms with Crippen LogP contribution >= 0.6 is 11.8 Å². The van der Waals surface area contributed by atoms with E-state index in [1.54, 1.807) is 0 Å². The molecule has 5 atom stereocenters. The van der Waals surface area contributed by atoms with E-state index in [1.165, 1.54) is 62.0 Å². The van der Waals surface area contributed by atoms with Crippen molar-refractivity contribution in [3.05, 3.63) is 23.8 Å². The van der Waals surface area contributed by atoms with Crippen LogP contribution in [0.25, 0.3) is 0 Å². The number of carbonyl (C=O) groups excluding carboxylic acids is 1. The molecule has 0 saturated heterocycles. The zero-order valence-corrected chi connectivity index (χ0v) is 16.2. The molecule has 0 aromatic rings. The number of carbonyl (C=O) groups is 1.